The molecule has 1 aliphatic rings. The molecular formula is C16H26N4O. The zero-order chi connectivity index (χ0) is 15.4. The number of aromatic nitrogens is 1. The Morgan fingerprint density at radius 1 is 1.29 bits per heavy atom. The molecule has 1 saturated heterocycles. The molecule has 0 atom stereocenters. The standard InChI is InChI=1S/C16H26N4O/c1-5-19-6-8-20(9-7-19)16(21)13-10-14(12(2)3)18-15(11-13)17-4/h10-12H,5-9H2,1-4H3,(H,17,18). The highest BCUT2D eigenvalue weighted by Gasteiger charge is 2.22. The van der Waals surface area contributed by atoms with Gasteiger partial charge in [0.25, 0.3) is 5.91 Å². The van der Waals surface area contributed by atoms with Crippen LogP contribution in [0.5, 0.6) is 0 Å². The first-order chi connectivity index (χ1) is 10.0. The van der Waals surface area contributed by atoms with Crippen molar-refractivity contribution in [3.05, 3.63) is 23.4 Å². The van der Waals surface area contributed by atoms with Crippen LogP contribution in [0.3, 0.4) is 0 Å². The van der Waals surface area contributed by atoms with Gasteiger partial charge in [0, 0.05) is 44.5 Å². The van der Waals surface area contributed by atoms with E-state index in [0.29, 0.717) is 5.92 Å². The lowest BCUT2D eigenvalue weighted by Gasteiger charge is -2.34. The second-order valence-electron chi connectivity index (χ2n) is 5.80. The average molecular weight is 290 g/mol. The summed E-state index contributed by atoms with van der Waals surface area (Å²) in [4.78, 5) is 21.5. The number of nitrogens with zero attached hydrogens (tertiary/aromatic N) is 3. The van der Waals surface area contributed by atoms with E-state index in [-0.39, 0.29) is 5.91 Å². The van der Waals surface area contributed by atoms with E-state index >= 15 is 0 Å². The molecular weight excluding hydrogens is 264 g/mol. The van der Waals surface area contributed by atoms with Gasteiger partial charge in [0.2, 0.25) is 0 Å². The Hall–Kier alpha value is -1.62. The molecule has 2 heterocycles. The minimum absolute atomic E-state index is 0.117. The predicted molar refractivity (Wildman–Crippen MR) is 85.9 cm³/mol. The van der Waals surface area contributed by atoms with Gasteiger partial charge in [-0.1, -0.05) is 20.8 Å². The number of hydrogen-bond acceptors (Lipinski definition) is 4. The summed E-state index contributed by atoms with van der Waals surface area (Å²) in [6.07, 6.45) is 0. The summed E-state index contributed by atoms with van der Waals surface area (Å²) >= 11 is 0. The smallest absolute Gasteiger partial charge is 0.254 e. The second kappa shape index (κ2) is 6.89. The maximum atomic E-state index is 12.7. The van der Waals surface area contributed by atoms with Gasteiger partial charge < -0.3 is 15.1 Å². The van der Waals surface area contributed by atoms with Crippen molar-refractivity contribution in [3.8, 4) is 0 Å². The number of pyridine rings is 1. The highest BCUT2D eigenvalue weighted by Crippen LogP contribution is 2.19. The maximum Gasteiger partial charge on any atom is 0.254 e. The average Bonchev–Trinajstić information content (AvgIpc) is 2.53. The van der Waals surface area contributed by atoms with Crippen molar-refractivity contribution in [2.45, 2.75) is 26.7 Å². The van der Waals surface area contributed by atoms with Crippen molar-refractivity contribution in [2.75, 3.05) is 45.1 Å². The van der Waals surface area contributed by atoms with Crippen molar-refractivity contribution >= 4 is 11.7 Å². The van der Waals surface area contributed by atoms with E-state index in [1.165, 1.54) is 0 Å². The van der Waals surface area contributed by atoms with Crippen LogP contribution in [0.4, 0.5) is 5.82 Å². The highest BCUT2D eigenvalue weighted by atomic mass is 16.2. The number of anilines is 1. The van der Waals surface area contributed by atoms with Gasteiger partial charge in [-0.3, -0.25) is 4.79 Å². The molecule has 1 N–H and O–H groups in total. The number of hydrogen-bond donors (Lipinski definition) is 1. The van der Waals surface area contributed by atoms with Crippen LogP contribution in [0.1, 0.15) is 42.7 Å². The SMILES string of the molecule is CCN1CCN(C(=O)c2cc(NC)nc(C(C)C)c2)CC1. The fraction of sp³-hybridized carbons (Fsp3) is 0.625. The molecule has 2 rings (SSSR count). The van der Waals surface area contributed by atoms with E-state index < -0.39 is 0 Å². The van der Waals surface area contributed by atoms with E-state index in [9.17, 15) is 4.79 Å². The molecule has 1 aromatic heterocycles. The molecule has 0 unspecified atom stereocenters. The van der Waals surface area contributed by atoms with Crippen molar-refractivity contribution in [2.24, 2.45) is 0 Å². The van der Waals surface area contributed by atoms with E-state index in [1.54, 1.807) is 0 Å². The molecule has 1 amide bonds. The Morgan fingerprint density at radius 2 is 1.95 bits per heavy atom. The molecule has 0 saturated carbocycles. The molecule has 0 aromatic carbocycles. The first-order valence-corrected chi connectivity index (χ1v) is 7.76. The summed E-state index contributed by atoms with van der Waals surface area (Å²) in [5.41, 5.74) is 1.69. The van der Waals surface area contributed by atoms with Crippen molar-refractivity contribution in [1.82, 2.24) is 14.8 Å². The van der Waals surface area contributed by atoms with Crippen molar-refractivity contribution in [1.29, 1.82) is 0 Å². The van der Waals surface area contributed by atoms with E-state index in [2.05, 4.69) is 36.0 Å². The lowest BCUT2D eigenvalue weighted by molar-refractivity contribution is 0.0643. The molecule has 5 heteroatoms. The molecule has 116 valence electrons. The van der Waals surface area contributed by atoms with Crippen LogP contribution >= 0.6 is 0 Å². The highest BCUT2D eigenvalue weighted by molar-refractivity contribution is 5.95. The molecule has 0 aliphatic carbocycles. The predicted octanol–water partition coefficient (Wildman–Crippen LogP) is 2.02. The number of amides is 1. The van der Waals surface area contributed by atoms with Crippen molar-refractivity contribution < 1.29 is 4.79 Å². The van der Waals surface area contributed by atoms with Gasteiger partial charge in [-0.05, 0) is 24.6 Å². The Bertz CT molecular complexity index is 493. The number of nitrogens with one attached hydrogen (secondary N) is 1. The fourth-order valence-corrected chi connectivity index (χ4v) is 2.55. The largest absolute Gasteiger partial charge is 0.373 e. The molecule has 1 aromatic rings. The first kappa shape index (κ1) is 15.8. The third-order valence-electron chi connectivity index (χ3n) is 4.05. The van der Waals surface area contributed by atoms with Gasteiger partial charge >= 0.3 is 0 Å². The minimum atomic E-state index is 0.117. The van der Waals surface area contributed by atoms with Gasteiger partial charge in [0.05, 0.1) is 0 Å². The normalized spacial score (nSPS) is 16.3. The van der Waals surface area contributed by atoms with Crippen LogP contribution in [0.15, 0.2) is 12.1 Å². The van der Waals surface area contributed by atoms with Crippen LogP contribution < -0.4 is 5.32 Å². The van der Waals surface area contributed by atoms with Gasteiger partial charge in [0.15, 0.2) is 0 Å². The van der Waals surface area contributed by atoms with Crippen LogP contribution in [0.25, 0.3) is 0 Å². The molecule has 0 spiro atoms. The zero-order valence-corrected chi connectivity index (χ0v) is 13.5. The monoisotopic (exact) mass is 290 g/mol. The summed E-state index contributed by atoms with van der Waals surface area (Å²) in [6, 6.07) is 3.78. The summed E-state index contributed by atoms with van der Waals surface area (Å²) < 4.78 is 0. The molecule has 1 fully saturated rings. The van der Waals surface area contributed by atoms with Crippen LogP contribution in [0, 0.1) is 0 Å². The van der Waals surface area contributed by atoms with Crippen molar-refractivity contribution in [3.63, 3.8) is 0 Å². The molecule has 21 heavy (non-hydrogen) atoms. The van der Waals surface area contributed by atoms with E-state index in [0.717, 1.165) is 49.8 Å². The summed E-state index contributed by atoms with van der Waals surface area (Å²) in [7, 11) is 1.83. The fourth-order valence-electron chi connectivity index (χ4n) is 2.55. The summed E-state index contributed by atoms with van der Waals surface area (Å²) in [5, 5.41) is 3.05. The Balaban J connectivity index is 2.17. The summed E-state index contributed by atoms with van der Waals surface area (Å²) in [5.74, 6) is 1.19. The first-order valence-electron chi connectivity index (χ1n) is 7.76. The second-order valence-corrected chi connectivity index (χ2v) is 5.80. The van der Waals surface area contributed by atoms with Gasteiger partial charge in [-0.15, -0.1) is 0 Å². The Kier molecular flexibility index (Phi) is 5.17. The quantitative estimate of drug-likeness (QED) is 0.922. The Labute approximate surface area is 127 Å². The molecule has 1 aliphatic heterocycles. The number of carbonyl (C=O) groups excluding carboxylic acids is 1. The molecule has 0 radical (unpaired) electrons. The molecule has 5 nitrogen and oxygen atoms in total. The maximum absolute atomic E-state index is 12.7. The summed E-state index contributed by atoms with van der Waals surface area (Å²) in [6.45, 7) is 10.9. The van der Waals surface area contributed by atoms with E-state index in [4.69, 9.17) is 0 Å². The molecule has 0 bridgehead atoms. The van der Waals surface area contributed by atoms with Gasteiger partial charge in [-0.2, -0.15) is 0 Å². The Morgan fingerprint density at radius 3 is 2.48 bits per heavy atom. The van der Waals surface area contributed by atoms with E-state index in [1.807, 2.05) is 24.1 Å². The zero-order valence-electron chi connectivity index (χ0n) is 13.5. The van der Waals surface area contributed by atoms with Crippen LogP contribution in [-0.4, -0.2) is 60.5 Å². The topological polar surface area (TPSA) is 48.5 Å². The number of carbonyl (C=O) groups is 1. The van der Waals surface area contributed by atoms with Crippen LogP contribution in [0.2, 0.25) is 0 Å². The lowest BCUT2D eigenvalue weighted by atomic mass is 10.1. The number of rotatable bonds is 4. The third-order valence-corrected chi connectivity index (χ3v) is 4.05. The number of piperazine rings is 1. The third kappa shape index (κ3) is 3.73. The van der Waals surface area contributed by atoms with Gasteiger partial charge in [-0.25, -0.2) is 4.98 Å². The minimum Gasteiger partial charge on any atom is -0.373 e. The van der Waals surface area contributed by atoms with Gasteiger partial charge in [0.1, 0.15) is 5.82 Å². The number of likely N-dealkylation sites (N-methyl/N-ethyl adjacent to an activating group) is 1. The lowest BCUT2D eigenvalue weighted by Crippen LogP contribution is -2.48. The van der Waals surface area contributed by atoms with Crippen LogP contribution in [-0.2, 0) is 0 Å².